The van der Waals surface area contributed by atoms with Crippen LogP contribution in [-0.4, -0.2) is 40.3 Å². The van der Waals surface area contributed by atoms with E-state index in [0.717, 1.165) is 23.3 Å². The van der Waals surface area contributed by atoms with Gasteiger partial charge in [-0.1, -0.05) is 18.2 Å². The van der Waals surface area contributed by atoms with Crippen molar-refractivity contribution in [2.24, 2.45) is 0 Å². The van der Waals surface area contributed by atoms with Crippen LogP contribution < -0.4 is 5.32 Å². The number of carbonyl (C=O) groups is 1. The molecule has 0 unspecified atom stereocenters. The van der Waals surface area contributed by atoms with Gasteiger partial charge in [-0.2, -0.15) is 13.5 Å². The quantitative estimate of drug-likeness (QED) is 0.654. The third-order valence-electron chi connectivity index (χ3n) is 4.35. The smallest absolute Gasteiger partial charge is 0.341 e. The lowest BCUT2D eigenvalue weighted by molar-refractivity contribution is 0.0946. The first kappa shape index (κ1) is 20.5. The molecule has 2 aromatic carbocycles. The van der Waals surface area contributed by atoms with E-state index in [1.807, 2.05) is 32.0 Å². The van der Waals surface area contributed by atoms with Crippen LogP contribution in [0.2, 0.25) is 0 Å². The van der Waals surface area contributed by atoms with Crippen LogP contribution in [-0.2, 0) is 16.4 Å². The standard InChI is InChI=1S/C18H17F2N5O3S/c1-11-7-8-13(9-12(11)2)25-16(22-23-24-25)10-21-17(26)14-5-3-4-6-15(14)29(27,28)18(19)20/h3-9,18H,10H2,1-2H3,(H,21,26). The summed E-state index contributed by atoms with van der Waals surface area (Å²) < 4.78 is 50.9. The number of hydrogen-bond acceptors (Lipinski definition) is 6. The molecule has 3 aromatic rings. The van der Waals surface area contributed by atoms with E-state index in [2.05, 4.69) is 20.8 Å². The highest BCUT2D eigenvalue weighted by atomic mass is 32.2. The Morgan fingerprint density at radius 2 is 1.86 bits per heavy atom. The Balaban J connectivity index is 1.84. The van der Waals surface area contributed by atoms with Crippen LogP contribution in [0.25, 0.3) is 5.69 Å². The second kappa shape index (κ2) is 8.03. The van der Waals surface area contributed by atoms with E-state index in [4.69, 9.17) is 0 Å². The molecule has 11 heteroatoms. The van der Waals surface area contributed by atoms with E-state index in [0.29, 0.717) is 5.69 Å². The number of benzene rings is 2. The number of halogens is 2. The van der Waals surface area contributed by atoms with Crippen LogP contribution >= 0.6 is 0 Å². The lowest BCUT2D eigenvalue weighted by Gasteiger charge is -2.11. The highest BCUT2D eigenvalue weighted by Gasteiger charge is 2.30. The van der Waals surface area contributed by atoms with Crippen molar-refractivity contribution in [3.05, 3.63) is 65.0 Å². The first-order chi connectivity index (χ1) is 13.7. The average Bonchev–Trinajstić information content (AvgIpc) is 3.16. The molecule has 0 aliphatic rings. The fourth-order valence-electron chi connectivity index (χ4n) is 2.63. The summed E-state index contributed by atoms with van der Waals surface area (Å²) in [5, 5.41) is 13.8. The topological polar surface area (TPSA) is 107 Å². The molecule has 0 radical (unpaired) electrons. The Morgan fingerprint density at radius 1 is 1.14 bits per heavy atom. The van der Waals surface area contributed by atoms with Crippen molar-refractivity contribution in [2.45, 2.75) is 31.0 Å². The number of nitrogens with one attached hydrogen (secondary N) is 1. The fraction of sp³-hybridized carbons (Fsp3) is 0.222. The van der Waals surface area contributed by atoms with Crippen LogP contribution in [0.15, 0.2) is 47.4 Å². The first-order valence-corrected chi connectivity index (χ1v) is 10.0. The largest absolute Gasteiger partial charge is 0.345 e. The van der Waals surface area contributed by atoms with Gasteiger partial charge in [-0.3, -0.25) is 4.79 Å². The first-order valence-electron chi connectivity index (χ1n) is 8.46. The van der Waals surface area contributed by atoms with Gasteiger partial charge < -0.3 is 5.32 Å². The Hall–Kier alpha value is -3.21. The number of rotatable bonds is 6. The van der Waals surface area contributed by atoms with Crippen molar-refractivity contribution in [3.63, 3.8) is 0 Å². The number of carbonyl (C=O) groups excluding carboxylic acids is 1. The molecule has 1 amide bonds. The van der Waals surface area contributed by atoms with Gasteiger partial charge >= 0.3 is 5.76 Å². The van der Waals surface area contributed by atoms with E-state index >= 15 is 0 Å². The van der Waals surface area contributed by atoms with E-state index in [1.54, 1.807) is 0 Å². The number of sulfone groups is 1. The summed E-state index contributed by atoms with van der Waals surface area (Å²) in [6.45, 7) is 3.76. The molecule has 1 heterocycles. The molecule has 0 spiro atoms. The van der Waals surface area contributed by atoms with Crippen LogP contribution in [0.4, 0.5) is 8.78 Å². The average molecular weight is 421 g/mol. The van der Waals surface area contributed by atoms with Crippen molar-refractivity contribution in [1.82, 2.24) is 25.5 Å². The minimum atomic E-state index is -4.92. The highest BCUT2D eigenvalue weighted by Crippen LogP contribution is 2.22. The number of nitrogens with zero attached hydrogens (tertiary/aromatic N) is 4. The molecule has 0 aliphatic carbocycles. The summed E-state index contributed by atoms with van der Waals surface area (Å²) in [4.78, 5) is 11.7. The van der Waals surface area contributed by atoms with Gasteiger partial charge in [-0.05, 0) is 59.7 Å². The number of aryl methyl sites for hydroxylation is 2. The van der Waals surface area contributed by atoms with Gasteiger partial charge in [0.1, 0.15) is 0 Å². The summed E-state index contributed by atoms with van der Waals surface area (Å²) in [7, 11) is -4.92. The molecule has 1 N–H and O–H groups in total. The predicted octanol–water partition coefficient (Wildman–Crippen LogP) is 2.21. The second-order valence-corrected chi connectivity index (χ2v) is 8.15. The Bertz CT molecular complexity index is 1160. The molecule has 0 saturated carbocycles. The molecular weight excluding hydrogens is 404 g/mol. The van der Waals surface area contributed by atoms with Crippen molar-refractivity contribution < 1.29 is 22.0 Å². The van der Waals surface area contributed by atoms with E-state index in [-0.39, 0.29) is 17.9 Å². The van der Waals surface area contributed by atoms with Gasteiger partial charge in [0, 0.05) is 0 Å². The summed E-state index contributed by atoms with van der Waals surface area (Å²) in [5.74, 6) is -4.18. The van der Waals surface area contributed by atoms with Gasteiger partial charge in [0.25, 0.3) is 5.91 Å². The number of aromatic nitrogens is 4. The lowest BCUT2D eigenvalue weighted by Crippen LogP contribution is -2.27. The fourth-order valence-corrected chi connectivity index (χ4v) is 3.55. The van der Waals surface area contributed by atoms with Crippen LogP contribution in [0.5, 0.6) is 0 Å². The second-order valence-electron chi connectivity index (χ2n) is 6.26. The maximum atomic E-state index is 12.9. The zero-order valence-electron chi connectivity index (χ0n) is 15.5. The monoisotopic (exact) mass is 421 g/mol. The van der Waals surface area contributed by atoms with Crippen LogP contribution in [0, 0.1) is 13.8 Å². The molecule has 29 heavy (non-hydrogen) atoms. The number of tetrazole rings is 1. The lowest BCUT2D eigenvalue weighted by atomic mass is 10.1. The number of amides is 1. The molecule has 1 aromatic heterocycles. The van der Waals surface area contributed by atoms with Crippen LogP contribution in [0.1, 0.15) is 27.3 Å². The molecule has 0 aliphatic heterocycles. The summed E-state index contributed by atoms with van der Waals surface area (Å²) in [6, 6.07) is 10.4. The van der Waals surface area contributed by atoms with Crippen molar-refractivity contribution in [1.29, 1.82) is 0 Å². The minimum absolute atomic E-state index is 0.137. The highest BCUT2D eigenvalue weighted by molar-refractivity contribution is 7.91. The number of alkyl halides is 2. The summed E-state index contributed by atoms with van der Waals surface area (Å²) >= 11 is 0. The summed E-state index contributed by atoms with van der Waals surface area (Å²) in [6.07, 6.45) is 0. The Labute approximate surface area is 165 Å². The van der Waals surface area contributed by atoms with Gasteiger partial charge in [0.15, 0.2) is 5.82 Å². The van der Waals surface area contributed by atoms with E-state index in [9.17, 15) is 22.0 Å². The Morgan fingerprint density at radius 3 is 2.55 bits per heavy atom. The third-order valence-corrected chi connectivity index (χ3v) is 5.79. The minimum Gasteiger partial charge on any atom is -0.345 e. The molecule has 3 rings (SSSR count). The van der Waals surface area contributed by atoms with Gasteiger partial charge in [0.2, 0.25) is 9.84 Å². The van der Waals surface area contributed by atoms with Crippen molar-refractivity contribution in [2.75, 3.05) is 0 Å². The van der Waals surface area contributed by atoms with Gasteiger partial charge in [-0.25, -0.2) is 8.42 Å². The zero-order chi connectivity index (χ0) is 21.2. The molecule has 0 fully saturated rings. The number of hydrogen-bond donors (Lipinski definition) is 1. The molecule has 152 valence electrons. The molecule has 0 saturated heterocycles. The van der Waals surface area contributed by atoms with Crippen molar-refractivity contribution in [3.8, 4) is 5.69 Å². The third kappa shape index (κ3) is 4.14. The maximum Gasteiger partial charge on any atom is 0.341 e. The van der Waals surface area contributed by atoms with Crippen molar-refractivity contribution >= 4 is 15.7 Å². The molecular formula is C18H17F2N5O3S. The van der Waals surface area contributed by atoms with Crippen LogP contribution in [0.3, 0.4) is 0 Å². The normalized spacial score (nSPS) is 11.6. The SMILES string of the molecule is Cc1ccc(-n2nnnc2CNC(=O)c2ccccc2S(=O)(=O)C(F)F)cc1C. The van der Waals surface area contributed by atoms with Gasteiger partial charge in [0.05, 0.1) is 22.7 Å². The van der Waals surface area contributed by atoms with Gasteiger partial charge in [-0.15, -0.1) is 5.10 Å². The zero-order valence-corrected chi connectivity index (χ0v) is 16.3. The Kier molecular flexibility index (Phi) is 5.69. The molecule has 8 nitrogen and oxygen atoms in total. The maximum absolute atomic E-state index is 12.9. The van der Waals surface area contributed by atoms with E-state index in [1.165, 1.54) is 16.8 Å². The van der Waals surface area contributed by atoms with E-state index < -0.39 is 26.4 Å². The molecule has 0 bridgehead atoms. The summed E-state index contributed by atoms with van der Waals surface area (Å²) in [5.41, 5.74) is 2.42. The molecule has 0 atom stereocenters. The predicted molar refractivity (Wildman–Crippen MR) is 99.4 cm³/mol.